The minimum absolute atomic E-state index is 0.431. The summed E-state index contributed by atoms with van der Waals surface area (Å²) in [6.45, 7) is 0. The van der Waals surface area contributed by atoms with Gasteiger partial charge in [-0.1, -0.05) is 0 Å². The normalized spacial score (nSPS) is 10.9. The molecular formula is C8H2Br4Se2. The van der Waals surface area contributed by atoms with Gasteiger partial charge in [0.15, 0.2) is 0 Å². The second-order valence-electron chi connectivity index (χ2n) is 2.46. The Hall–Kier alpha value is 1.92. The molecule has 0 bridgehead atoms. The summed E-state index contributed by atoms with van der Waals surface area (Å²) in [5.41, 5.74) is 0. The van der Waals surface area contributed by atoms with Gasteiger partial charge < -0.3 is 0 Å². The fourth-order valence-corrected chi connectivity index (χ4v) is 10.7. The molecule has 14 heavy (non-hydrogen) atoms. The van der Waals surface area contributed by atoms with Crippen LogP contribution in [0.3, 0.4) is 0 Å². The first-order valence-electron chi connectivity index (χ1n) is 3.48. The van der Waals surface area contributed by atoms with Crippen molar-refractivity contribution in [2.24, 2.45) is 0 Å². The Morgan fingerprint density at radius 2 is 1.07 bits per heavy atom. The van der Waals surface area contributed by atoms with Crippen molar-refractivity contribution >= 4 is 92.7 Å². The van der Waals surface area contributed by atoms with Gasteiger partial charge in [-0.3, -0.25) is 0 Å². The average Bonchev–Trinajstić information content (AvgIpc) is 2.55. The minimum atomic E-state index is 0.431. The van der Waals surface area contributed by atoms with E-state index in [-0.39, 0.29) is 0 Å². The van der Waals surface area contributed by atoms with Crippen molar-refractivity contribution < 1.29 is 0 Å². The Labute approximate surface area is 127 Å². The van der Waals surface area contributed by atoms with E-state index < -0.39 is 0 Å². The molecule has 2 aromatic rings. The predicted molar refractivity (Wildman–Crippen MR) is 76.6 cm³/mol. The summed E-state index contributed by atoms with van der Waals surface area (Å²) in [6.07, 6.45) is 0. The summed E-state index contributed by atoms with van der Waals surface area (Å²) < 4.78 is 7.99. The first-order valence-corrected chi connectivity index (χ1v) is 10.1. The molecule has 0 unspecified atom stereocenters. The van der Waals surface area contributed by atoms with E-state index in [2.05, 4.69) is 75.9 Å². The van der Waals surface area contributed by atoms with Crippen LogP contribution >= 0.6 is 63.7 Å². The van der Waals surface area contributed by atoms with Crippen molar-refractivity contribution in [2.75, 3.05) is 0 Å². The summed E-state index contributed by atoms with van der Waals surface area (Å²) in [5, 5.41) is 0. The van der Waals surface area contributed by atoms with Crippen molar-refractivity contribution in [2.45, 2.75) is 0 Å². The number of halogens is 4. The van der Waals surface area contributed by atoms with E-state index in [0.29, 0.717) is 29.0 Å². The first-order chi connectivity index (χ1) is 6.58. The Balaban J connectivity index is 2.59. The molecule has 0 aliphatic carbocycles. The van der Waals surface area contributed by atoms with Gasteiger partial charge in [0.2, 0.25) is 0 Å². The van der Waals surface area contributed by atoms with Crippen LogP contribution in [0.5, 0.6) is 0 Å². The predicted octanol–water partition coefficient (Wildman–Crippen LogP) is 4.52. The molecule has 0 aliphatic rings. The molecule has 0 N–H and O–H groups in total. The number of rotatable bonds is 1. The van der Waals surface area contributed by atoms with Crippen LogP contribution in [0.2, 0.25) is 0 Å². The fraction of sp³-hybridized carbons (Fsp3) is 0. The molecule has 0 fully saturated rings. The first kappa shape index (κ1) is 12.4. The summed E-state index contributed by atoms with van der Waals surface area (Å²) in [7, 11) is 0. The van der Waals surface area contributed by atoms with E-state index in [1.807, 2.05) is 0 Å². The molecule has 0 nitrogen and oxygen atoms in total. The molecule has 2 heterocycles. The Morgan fingerprint density at radius 3 is 1.29 bits per heavy atom. The van der Waals surface area contributed by atoms with Gasteiger partial charge >= 0.3 is 129 Å². The second kappa shape index (κ2) is 5.05. The zero-order valence-electron chi connectivity index (χ0n) is 6.48. The average molecular weight is 576 g/mol. The van der Waals surface area contributed by atoms with Crippen LogP contribution < -0.4 is 0 Å². The molecular weight excluding hydrogens is 574 g/mol. The molecule has 0 aromatic carbocycles. The maximum absolute atomic E-state index is 3.61. The summed E-state index contributed by atoms with van der Waals surface area (Å²) in [6, 6.07) is 4.32. The molecule has 0 saturated carbocycles. The van der Waals surface area contributed by atoms with Crippen molar-refractivity contribution in [3.63, 3.8) is 0 Å². The van der Waals surface area contributed by atoms with E-state index >= 15 is 0 Å². The molecule has 2 aromatic heterocycles. The van der Waals surface area contributed by atoms with Crippen molar-refractivity contribution in [3.05, 3.63) is 27.8 Å². The van der Waals surface area contributed by atoms with Gasteiger partial charge in [0.25, 0.3) is 0 Å². The number of hydrogen-bond donors (Lipinski definition) is 0. The quantitative estimate of drug-likeness (QED) is 0.439. The zero-order valence-corrected chi connectivity index (χ0v) is 16.3. The van der Waals surface area contributed by atoms with Gasteiger partial charge in [-0.15, -0.1) is 0 Å². The van der Waals surface area contributed by atoms with Gasteiger partial charge in [-0.2, -0.15) is 0 Å². The van der Waals surface area contributed by atoms with Crippen LogP contribution in [0.1, 0.15) is 0 Å². The van der Waals surface area contributed by atoms with E-state index in [1.54, 1.807) is 0 Å². The van der Waals surface area contributed by atoms with E-state index in [1.165, 1.54) is 24.5 Å². The maximum atomic E-state index is 3.61. The van der Waals surface area contributed by atoms with E-state index in [9.17, 15) is 0 Å². The molecule has 0 atom stereocenters. The zero-order chi connectivity index (χ0) is 10.3. The molecule has 74 valence electrons. The van der Waals surface area contributed by atoms with Gasteiger partial charge in [0, 0.05) is 0 Å². The molecule has 0 aliphatic heterocycles. The third kappa shape index (κ3) is 2.60. The Bertz CT molecular complexity index is 427. The molecule has 0 spiro atoms. The Morgan fingerprint density at radius 1 is 0.714 bits per heavy atom. The van der Waals surface area contributed by atoms with Crippen LogP contribution in [0.25, 0.3) is 8.87 Å². The molecule has 0 amide bonds. The van der Waals surface area contributed by atoms with Gasteiger partial charge in [-0.05, 0) is 0 Å². The third-order valence-corrected chi connectivity index (χ3v) is 10.7. The summed E-state index contributed by atoms with van der Waals surface area (Å²) in [4.78, 5) is 0. The van der Waals surface area contributed by atoms with Crippen molar-refractivity contribution in [1.29, 1.82) is 0 Å². The van der Waals surface area contributed by atoms with Gasteiger partial charge in [0.1, 0.15) is 0 Å². The van der Waals surface area contributed by atoms with Gasteiger partial charge in [0.05, 0.1) is 0 Å². The van der Waals surface area contributed by atoms with Crippen LogP contribution in [-0.2, 0) is 0 Å². The van der Waals surface area contributed by atoms with Crippen LogP contribution in [0.4, 0.5) is 0 Å². The summed E-state index contributed by atoms with van der Waals surface area (Å²) in [5.74, 6) is 0. The SMILES string of the molecule is Brc1cc(Br)c(-c2[se]c(Br)cc2Br)[se]1. The molecule has 0 saturated heterocycles. The number of hydrogen-bond acceptors (Lipinski definition) is 0. The molecule has 6 heteroatoms. The summed E-state index contributed by atoms with van der Waals surface area (Å²) >= 11 is 15.2. The third-order valence-electron chi connectivity index (χ3n) is 1.52. The van der Waals surface area contributed by atoms with E-state index in [0.717, 1.165) is 0 Å². The monoisotopic (exact) mass is 574 g/mol. The second-order valence-corrected chi connectivity index (χ2v) is 12.7. The molecule has 2 rings (SSSR count). The van der Waals surface area contributed by atoms with Crippen LogP contribution in [0, 0.1) is 0 Å². The molecule has 0 radical (unpaired) electrons. The van der Waals surface area contributed by atoms with Gasteiger partial charge in [-0.25, -0.2) is 0 Å². The van der Waals surface area contributed by atoms with E-state index in [4.69, 9.17) is 0 Å². The Kier molecular flexibility index (Phi) is 4.47. The standard InChI is InChI=1S/C8H2Br4Se2/c9-3-1-5(11)13-7(3)8-4(10)2-6(12)14-8/h1-2H. The van der Waals surface area contributed by atoms with Crippen LogP contribution in [0.15, 0.2) is 27.8 Å². The topological polar surface area (TPSA) is 0 Å². The van der Waals surface area contributed by atoms with Crippen molar-refractivity contribution in [3.8, 4) is 8.87 Å². The van der Waals surface area contributed by atoms with Crippen LogP contribution in [-0.4, -0.2) is 29.0 Å². The van der Waals surface area contributed by atoms with Crippen molar-refractivity contribution in [1.82, 2.24) is 0 Å². The fourth-order valence-electron chi connectivity index (χ4n) is 0.991.